The van der Waals surface area contributed by atoms with Crippen molar-refractivity contribution in [3.8, 4) is 22.5 Å². The van der Waals surface area contributed by atoms with E-state index in [0.29, 0.717) is 50.6 Å². The van der Waals surface area contributed by atoms with Crippen molar-refractivity contribution in [1.82, 2.24) is 19.9 Å². The lowest BCUT2D eigenvalue weighted by Crippen LogP contribution is -2.53. The number of nitrogens with one attached hydrogen (secondary N) is 3. The number of hydrogen-bond donors (Lipinski definition) is 3. The van der Waals surface area contributed by atoms with E-state index in [2.05, 4.69) is 20.2 Å². The number of halogens is 1. The molecule has 2 aromatic heterocycles. The first-order valence-electron chi connectivity index (χ1n) is 13.5. The predicted octanol–water partition coefficient (Wildman–Crippen LogP) is 5.17. The number of H-pyrrole nitrogens is 2. The van der Waals surface area contributed by atoms with Crippen LogP contribution in [0.15, 0.2) is 65.5 Å². The molecular weight excluding hydrogens is 509 g/mol. The average Bonchev–Trinajstić information content (AvgIpc) is 3.41. The van der Waals surface area contributed by atoms with Gasteiger partial charge in [0.25, 0.3) is 5.56 Å². The van der Waals surface area contributed by atoms with Gasteiger partial charge in [-0.15, -0.1) is 0 Å². The molecule has 3 N–H and O–H groups in total. The predicted molar refractivity (Wildman–Crippen MR) is 153 cm³/mol. The summed E-state index contributed by atoms with van der Waals surface area (Å²) >= 11 is 0. The number of imidazole rings is 1. The van der Waals surface area contributed by atoms with E-state index in [1.807, 2.05) is 24.3 Å². The van der Waals surface area contributed by atoms with E-state index in [1.54, 1.807) is 30.3 Å². The van der Waals surface area contributed by atoms with E-state index < -0.39 is 11.8 Å². The second kappa shape index (κ2) is 9.60. The number of fused-ring (bicyclic) bond motifs is 5. The number of carbonyl (C=O) groups excluding carboxylic acids is 1. The summed E-state index contributed by atoms with van der Waals surface area (Å²) in [5, 5.41) is 4.40. The molecule has 202 valence electrons. The van der Waals surface area contributed by atoms with Gasteiger partial charge >= 0.3 is 5.97 Å². The summed E-state index contributed by atoms with van der Waals surface area (Å²) in [5.41, 5.74) is 3.81. The van der Waals surface area contributed by atoms with Gasteiger partial charge in [0.15, 0.2) is 0 Å². The maximum atomic E-state index is 15.5. The van der Waals surface area contributed by atoms with Crippen molar-refractivity contribution >= 4 is 33.6 Å². The van der Waals surface area contributed by atoms with Crippen LogP contribution in [-0.2, 0) is 4.74 Å². The molecule has 3 fully saturated rings. The molecule has 3 aliphatic heterocycles. The Morgan fingerprint density at radius 1 is 1.05 bits per heavy atom. The monoisotopic (exact) mass is 537 g/mol. The zero-order valence-electron chi connectivity index (χ0n) is 22.0. The highest BCUT2D eigenvalue weighted by atomic mass is 19.1. The lowest BCUT2D eigenvalue weighted by atomic mass is 9.83. The van der Waals surface area contributed by atoms with Crippen LogP contribution in [0.1, 0.15) is 23.2 Å². The minimum atomic E-state index is -0.504. The van der Waals surface area contributed by atoms with Gasteiger partial charge < -0.3 is 24.9 Å². The topological polar surface area (TPSA) is 103 Å². The third-order valence-electron chi connectivity index (χ3n) is 8.31. The fourth-order valence-corrected chi connectivity index (χ4v) is 6.23. The summed E-state index contributed by atoms with van der Waals surface area (Å²) in [5.74, 6) is -0.0640. The van der Waals surface area contributed by atoms with E-state index in [1.165, 1.54) is 13.2 Å². The minimum absolute atomic E-state index is 0.145. The first-order chi connectivity index (χ1) is 19.5. The number of carbonyl (C=O) groups is 1. The van der Waals surface area contributed by atoms with Crippen LogP contribution < -0.4 is 10.9 Å². The molecule has 3 aromatic carbocycles. The Hall–Kier alpha value is -4.50. The van der Waals surface area contributed by atoms with E-state index in [0.717, 1.165) is 43.5 Å². The fraction of sp³-hybridized carbons (Fsp3) is 0.258. The van der Waals surface area contributed by atoms with Gasteiger partial charge in [0, 0.05) is 23.5 Å². The van der Waals surface area contributed by atoms with Crippen molar-refractivity contribution in [2.75, 3.05) is 32.1 Å². The van der Waals surface area contributed by atoms with Crippen LogP contribution >= 0.6 is 0 Å². The number of esters is 1. The van der Waals surface area contributed by atoms with E-state index in [9.17, 15) is 9.59 Å². The molecule has 8 nitrogen and oxygen atoms in total. The van der Waals surface area contributed by atoms with E-state index >= 15 is 4.39 Å². The summed E-state index contributed by atoms with van der Waals surface area (Å²) in [6, 6.07) is 17.6. The van der Waals surface area contributed by atoms with Crippen molar-refractivity contribution in [1.29, 1.82) is 0 Å². The summed E-state index contributed by atoms with van der Waals surface area (Å²) in [7, 11) is 1.31. The summed E-state index contributed by atoms with van der Waals surface area (Å²) in [6.07, 6.45) is 2.19. The Bertz CT molecular complexity index is 1800. The van der Waals surface area contributed by atoms with Gasteiger partial charge in [-0.25, -0.2) is 14.2 Å². The number of methoxy groups -OCH3 is 1. The van der Waals surface area contributed by atoms with Crippen molar-refractivity contribution in [3.63, 3.8) is 0 Å². The number of aromatic amines is 2. The Labute approximate surface area is 229 Å². The molecule has 0 aliphatic carbocycles. The quantitative estimate of drug-likeness (QED) is 0.267. The highest BCUT2D eigenvalue weighted by Crippen LogP contribution is 2.38. The van der Waals surface area contributed by atoms with Gasteiger partial charge in [0.2, 0.25) is 0 Å². The summed E-state index contributed by atoms with van der Waals surface area (Å²) in [6.45, 7) is 3.05. The van der Waals surface area contributed by atoms with Crippen molar-refractivity contribution in [2.45, 2.75) is 18.9 Å². The Morgan fingerprint density at radius 3 is 2.62 bits per heavy atom. The number of pyridine rings is 1. The molecule has 5 aromatic rings. The molecule has 9 heteroatoms. The number of para-hydroxylation sites is 2. The molecule has 2 bridgehead atoms. The van der Waals surface area contributed by atoms with Gasteiger partial charge in [0.05, 0.1) is 34.9 Å². The van der Waals surface area contributed by atoms with Crippen LogP contribution in [0, 0.1) is 11.7 Å². The SMILES string of the molecule is COC(=O)c1cccc(-c2cc3c(N[C@H]4CN5CCC4CC5)c(-c4nc5ccccc5[nH]4)c(=O)[nH]c3cc2F)c1. The third-order valence-corrected chi connectivity index (χ3v) is 8.31. The van der Waals surface area contributed by atoms with E-state index in [-0.39, 0.29) is 11.6 Å². The Balaban J connectivity index is 1.45. The molecule has 0 spiro atoms. The second-order valence-corrected chi connectivity index (χ2v) is 10.6. The first kappa shape index (κ1) is 24.5. The van der Waals surface area contributed by atoms with E-state index in [4.69, 9.17) is 9.72 Å². The van der Waals surface area contributed by atoms with Gasteiger partial charge in [-0.2, -0.15) is 0 Å². The van der Waals surface area contributed by atoms with Crippen LogP contribution in [-0.4, -0.2) is 58.6 Å². The van der Waals surface area contributed by atoms with Crippen LogP contribution in [0.3, 0.4) is 0 Å². The fourth-order valence-electron chi connectivity index (χ4n) is 6.23. The average molecular weight is 538 g/mol. The zero-order valence-corrected chi connectivity index (χ0v) is 22.0. The van der Waals surface area contributed by atoms with Gasteiger partial charge in [0.1, 0.15) is 17.2 Å². The van der Waals surface area contributed by atoms with Crippen molar-refractivity contribution in [2.24, 2.45) is 5.92 Å². The van der Waals surface area contributed by atoms with Gasteiger partial charge in [-0.1, -0.05) is 24.3 Å². The molecule has 3 saturated heterocycles. The number of anilines is 1. The molecular formula is C31H28FN5O3. The lowest BCUT2D eigenvalue weighted by Gasteiger charge is -2.45. The molecule has 0 radical (unpaired) electrons. The first-order valence-corrected chi connectivity index (χ1v) is 13.5. The highest BCUT2D eigenvalue weighted by Gasteiger charge is 2.35. The molecule has 1 atom stereocenters. The number of benzene rings is 3. The number of nitrogens with zero attached hydrogens (tertiary/aromatic N) is 2. The van der Waals surface area contributed by atoms with Gasteiger partial charge in [-0.3, -0.25) is 4.79 Å². The summed E-state index contributed by atoms with van der Waals surface area (Å²) in [4.78, 5) is 39.2. The Kier molecular flexibility index (Phi) is 5.89. The molecule has 40 heavy (non-hydrogen) atoms. The number of aromatic nitrogens is 3. The van der Waals surface area contributed by atoms with Crippen LogP contribution in [0.25, 0.3) is 44.5 Å². The molecule has 3 aliphatic rings. The molecule has 0 unspecified atom stereocenters. The van der Waals surface area contributed by atoms with Crippen molar-refractivity contribution < 1.29 is 13.9 Å². The zero-order chi connectivity index (χ0) is 27.4. The second-order valence-electron chi connectivity index (χ2n) is 10.6. The Morgan fingerprint density at radius 2 is 1.88 bits per heavy atom. The maximum absolute atomic E-state index is 15.5. The molecule has 0 saturated carbocycles. The largest absolute Gasteiger partial charge is 0.465 e. The number of rotatable bonds is 5. The minimum Gasteiger partial charge on any atom is -0.465 e. The number of ether oxygens (including phenoxy) is 1. The third kappa shape index (κ3) is 4.14. The number of hydrogen-bond acceptors (Lipinski definition) is 6. The normalized spacial score (nSPS) is 20.2. The maximum Gasteiger partial charge on any atom is 0.337 e. The number of piperidine rings is 3. The highest BCUT2D eigenvalue weighted by molar-refractivity contribution is 6.01. The van der Waals surface area contributed by atoms with Gasteiger partial charge in [-0.05, 0) is 73.8 Å². The standard InChI is InChI=1S/C31H28FN5O3/c1-40-31(39)19-6-4-5-18(13-19)20-14-21-25(15-22(20)32)36-30(38)27(29-34-23-7-2-3-8-24(23)35-29)28(21)33-26-16-37-11-9-17(26)10-12-37/h2-8,13-15,17,26H,9-12,16H2,1H3,(H,34,35)(H2,33,36,38)/t26-/m0/s1. The van der Waals surface area contributed by atoms with Crippen LogP contribution in [0.5, 0.6) is 0 Å². The molecule has 0 amide bonds. The van der Waals surface area contributed by atoms with Crippen LogP contribution in [0.4, 0.5) is 10.1 Å². The lowest BCUT2D eigenvalue weighted by molar-refractivity contribution is 0.0600. The van der Waals surface area contributed by atoms with Crippen molar-refractivity contribution in [3.05, 3.63) is 82.4 Å². The molecule has 5 heterocycles. The smallest absolute Gasteiger partial charge is 0.337 e. The molecule has 8 rings (SSSR count). The summed E-state index contributed by atoms with van der Waals surface area (Å²) < 4.78 is 20.4. The van der Waals surface area contributed by atoms with Crippen LogP contribution in [0.2, 0.25) is 0 Å².